The van der Waals surface area contributed by atoms with Gasteiger partial charge in [0.15, 0.2) is 0 Å². The first kappa shape index (κ1) is 14.0. The fourth-order valence-electron chi connectivity index (χ4n) is 3.66. The number of nitrogens with one attached hydrogen (secondary N) is 2. The van der Waals surface area contributed by atoms with Crippen molar-refractivity contribution in [1.82, 2.24) is 25.1 Å². The number of hydrogen-bond donors (Lipinski definition) is 2. The summed E-state index contributed by atoms with van der Waals surface area (Å²) in [4.78, 5) is 13.0. The molecule has 0 bridgehead atoms. The molecule has 20 heavy (non-hydrogen) atoms. The van der Waals surface area contributed by atoms with Crippen molar-refractivity contribution in [1.29, 1.82) is 0 Å². The van der Waals surface area contributed by atoms with Gasteiger partial charge in [-0.15, -0.1) is 0 Å². The monoisotopic (exact) mass is 277 g/mol. The van der Waals surface area contributed by atoms with E-state index in [2.05, 4.69) is 38.9 Å². The number of nitrogens with zero attached hydrogens (tertiary/aromatic N) is 3. The van der Waals surface area contributed by atoms with Crippen LogP contribution in [0.25, 0.3) is 0 Å². The molecule has 112 valence electrons. The SMILES string of the molecule is CCN1CCN(CC2(C)CCNC2)CC1c1ncc[nH]1. The predicted octanol–water partition coefficient (Wildman–Crippen LogP) is 1.09. The van der Waals surface area contributed by atoms with Gasteiger partial charge in [-0.3, -0.25) is 9.80 Å². The van der Waals surface area contributed by atoms with Crippen LogP contribution in [0.15, 0.2) is 12.4 Å². The van der Waals surface area contributed by atoms with Crippen molar-refractivity contribution in [2.24, 2.45) is 5.41 Å². The Morgan fingerprint density at radius 3 is 3.00 bits per heavy atom. The smallest absolute Gasteiger partial charge is 0.124 e. The molecule has 0 radical (unpaired) electrons. The second kappa shape index (κ2) is 5.84. The molecule has 3 heterocycles. The first-order chi connectivity index (χ1) is 9.70. The van der Waals surface area contributed by atoms with E-state index in [1.54, 1.807) is 0 Å². The van der Waals surface area contributed by atoms with Gasteiger partial charge in [0.25, 0.3) is 0 Å². The van der Waals surface area contributed by atoms with Gasteiger partial charge in [-0.05, 0) is 24.9 Å². The molecule has 2 aliphatic rings. The van der Waals surface area contributed by atoms with Crippen LogP contribution in [-0.4, -0.2) is 65.6 Å². The molecular weight excluding hydrogens is 250 g/mol. The number of H-pyrrole nitrogens is 1. The molecule has 5 heteroatoms. The fraction of sp³-hybridized carbons (Fsp3) is 0.800. The highest BCUT2D eigenvalue weighted by atomic mass is 15.3. The Bertz CT molecular complexity index is 410. The third kappa shape index (κ3) is 2.90. The molecule has 2 atom stereocenters. The van der Waals surface area contributed by atoms with E-state index in [9.17, 15) is 0 Å². The molecule has 0 aliphatic carbocycles. The first-order valence-corrected chi connectivity index (χ1v) is 7.86. The van der Waals surface area contributed by atoms with E-state index in [1.165, 1.54) is 26.1 Å². The number of imidazole rings is 1. The summed E-state index contributed by atoms with van der Waals surface area (Å²) in [6.45, 7) is 12.7. The van der Waals surface area contributed by atoms with E-state index in [4.69, 9.17) is 0 Å². The number of rotatable bonds is 4. The summed E-state index contributed by atoms with van der Waals surface area (Å²) >= 11 is 0. The standard InChI is InChI=1S/C15H27N5/c1-3-20-9-8-19(12-15(2)4-5-16-11-15)10-13(20)14-17-6-7-18-14/h6-7,13,16H,3-5,8-12H2,1-2H3,(H,17,18). The summed E-state index contributed by atoms with van der Waals surface area (Å²) in [5.41, 5.74) is 0.447. The lowest BCUT2D eigenvalue weighted by atomic mass is 9.88. The lowest BCUT2D eigenvalue weighted by Crippen LogP contribution is -2.51. The molecule has 0 amide bonds. The zero-order valence-electron chi connectivity index (χ0n) is 12.7. The second-order valence-corrected chi connectivity index (χ2v) is 6.59. The topological polar surface area (TPSA) is 47.2 Å². The van der Waals surface area contributed by atoms with Gasteiger partial charge >= 0.3 is 0 Å². The average molecular weight is 277 g/mol. The molecule has 2 fully saturated rings. The quantitative estimate of drug-likeness (QED) is 0.865. The first-order valence-electron chi connectivity index (χ1n) is 7.86. The average Bonchev–Trinajstić information content (AvgIpc) is 3.10. The van der Waals surface area contributed by atoms with Gasteiger partial charge in [-0.25, -0.2) is 4.98 Å². The Morgan fingerprint density at radius 1 is 1.45 bits per heavy atom. The zero-order chi connectivity index (χ0) is 14.0. The molecule has 2 N–H and O–H groups in total. The van der Waals surface area contributed by atoms with Crippen molar-refractivity contribution in [2.75, 3.05) is 45.8 Å². The van der Waals surface area contributed by atoms with Crippen LogP contribution in [0.4, 0.5) is 0 Å². The van der Waals surface area contributed by atoms with Crippen LogP contribution in [0.3, 0.4) is 0 Å². The number of piperazine rings is 1. The number of aromatic amines is 1. The van der Waals surface area contributed by atoms with E-state index in [-0.39, 0.29) is 0 Å². The van der Waals surface area contributed by atoms with Crippen molar-refractivity contribution in [3.8, 4) is 0 Å². The summed E-state index contributed by atoms with van der Waals surface area (Å²) in [6, 6.07) is 0.418. The molecule has 0 aromatic carbocycles. The van der Waals surface area contributed by atoms with Crippen LogP contribution in [0.1, 0.15) is 32.1 Å². The molecule has 1 aromatic heterocycles. The van der Waals surface area contributed by atoms with Crippen molar-refractivity contribution in [3.63, 3.8) is 0 Å². The highest BCUT2D eigenvalue weighted by Gasteiger charge is 2.35. The maximum absolute atomic E-state index is 4.49. The van der Waals surface area contributed by atoms with E-state index < -0.39 is 0 Å². The lowest BCUT2D eigenvalue weighted by molar-refractivity contribution is 0.0511. The van der Waals surface area contributed by atoms with E-state index in [1.807, 2.05) is 12.4 Å². The zero-order valence-corrected chi connectivity index (χ0v) is 12.7. The van der Waals surface area contributed by atoms with Crippen molar-refractivity contribution < 1.29 is 0 Å². The Labute approximate surface area is 121 Å². The minimum absolute atomic E-state index is 0.418. The van der Waals surface area contributed by atoms with Gasteiger partial charge < -0.3 is 10.3 Å². The Balaban J connectivity index is 1.67. The van der Waals surface area contributed by atoms with E-state index in [0.29, 0.717) is 11.5 Å². The summed E-state index contributed by atoms with van der Waals surface area (Å²) in [5.74, 6) is 1.12. The molecule has 1 aromatic rings. The largest absolute Gasteiger partial charge is 0.347 e. The summed E-state index contributed by atoms with van der Waals surface area (Å²) in [7, 11) is 0. The fourth-order valence-corrected chi connectivity index (χ4v) is 3.66. The Morgan fingerprint density at radius 2 is 2.35 bits per heavy atom. The third-order valence-electron chi connectivity index (χ3n) is 4.88. The lowest BCUT2D eigenvalue weighted by Gasteiger charge is -2.42. The Hall–Kier alpha value is -0.910. The molecule has 3 rings (SSSR count). The molecule has 2 saturated heterocycles. The summed E-state index contributed by atoms with van der Waals surface area (Å²) in [5, 5.41) is 3.51. The molecule has 0 spiro atoms. The molecule has 2 aliphatic heterocycles. The van der Waals surface area contributed by atoms with Gasteiger partial charge in [0.2, 0.25) is 0 Å². The van der Waals surface area contributed by atoms with Gasteiger partial charge in [-0.2, -0.15) is 0 Å². The van der Waals surface area contributed by atoms with Crippen molar-refractivity contribution >= 4 is 0 Å². The molecular formula is C15H27N5. The maximum Gasteiger partial charge on any atom is 0.124 e. The van der Waals surface area contributed by atoms with Crippen LogP contribution in [0, 0.1) is 5.41 Å². The normalized spacial score (nSPS) is 32.8. The predicted molar refractivity (Wildman–Crippen MR) is 80.6 cm³/mol. The van der Waals surface area contributed by atoms with Gasteiger partial charge in [0.05, 0.1) is 6.04 Å². The second-order valence-electron chi connectivity index (χ2n) is 6.59. The highest BCUT2D eigenvalue weighted by Crippen LogP contribution is 2.29. The third-order valence-corrected chi connectivity index (χ3v) is 4.88. The van der Waals surface area contributed by atoms with Gasteiger partial charge in [0.1, 0.15) is 5.82 Å². The number of aromatic nitrogens is 2. The summed E-state index contributed by atoms with van der Waals surface area (Å²) < 4.78 is 0. The van der Waals surface area contributed by atoms with Crippen LogP contribution in [0.2, 0.25) is 0 Å². The highest BCUT2D eigenvalue weighted by molar-refractivity contribution is 5.00. The van der Waals surface area contributed by atoms with Crippen LogP contribution in [-0.2, 0) is 0 Å². The molecule has 2 unspecified atom stereocenters. The van der Waals surface area contributed by atoms with Gasteiger partial charge in [0, 0.05) is 45.1 Å². The van der Waals surface area contributed by atoms with Crippen LogP contribution >= 0.6 is 0 Å². The van der Waals surface area contributed by atoms with Crippen molar-refractivity contribution in [3.05, 3.63) is 18.2 Å². The molecule has 0 saturated carbocycles. The van der Waals surface area contributed by atoms with Crippen molar-refractivity contribution in [2.45, 2.75) is 26.3 Å². The number of hydrogen-bond acceptors (Lipinski definition) is 4. The van der Waals surface area contributed by atoms with Gasteiger partial charge in [-0.1, -0.05) is 13.8 Å². The number of likely N-dealkylation sites (N-methyl/N-ethyl adjacent to an activating group) is 1. The minimum atomic E-state index is 0.418. The van der Waals surface area contributed by atoms with Crippen LogP contribution < -0.4 is 5.32 Å². The van der Waals surface area contributed by atoms with E-state index in [0.717, 1.165) is 32.0 Å². The Kier molecular flexibility index (Phi) is 4.10. The molecule has 5 nitrogen and oxygen atoms in total. The minimum Gasteiger partial charge on any atom is -0.347 e. The van der Waals surface area contributed by atoms with Crippen LogP contribution in [0.5, 0.6) is 0 Å². The maximum atomic E-state index is 4.49. The van der Waals surface area contributed by atoms with E-state index >= 15 is 0 Å². The summed E-state index contributed by atoms with van der Waals surface area (Å²) in [6.07, 6.45) is 5.10.